The van der Waals surface area contributed by atoms with Gasteiger partial charge in [-0.05, 0) is 24.5 Å². The Morgan fingerprint density at radius 2 is 2.16 bits per heavy atom. The van der Waals surface area contributed by atoms with Crippen molar-refractivity contribution in [2.24, 2.45) is 11.7 Å². The first-order valence-electron chi connectivity index (χ1n) is 6.70. The van der Waals surface area contributed by atoms with Crippen molar-refractivity contribution in [1.82, 2.24) is 0 Å². The number of rotatable bonds is 5. The number of carbonyl (C=O) groups is 1. The van der Waals surface area contributed by atoms with E-state index in [4.69, 9.17) is 10.5 Å². The van der Waals surface area contributed by atoms with Crippen molar-refractivity contribution in [2.75, 3.05) is 6.61 Å². The predicted molar refractivity (Wildman–Crippen MR) is 77.8 cm³/mol. The lowest BCUT2D eigenvalue weighted by molar-refractivity contribution is 0.1000. The summed E-state index contributed by atoms with van der Waals surface area (Å²) in [6, 6.07) is 7.89. The molecule has 0 bridgehead atoms. The average Bonchev–Trinajstić information content (AvgIpc) is 2.71. The second-order valence-corrected chi connectivity index (χ2v) is 6.11. The zero-order chi connectivity index (χ0) is 13.2. The number of carbonyl (C=O) groups excluding carboxylic acids is 1. The van der Waals surface area contributed by atoms with Gasteiger partial charge in [-0.15, -0.1) is 11.3 Å². The molecule has 3 rings (SSSR count). The van der Waals surface area contributed by atoms with Gasteiger partial charge >= 0.3 is 0 Å². The monoisotopic (exact) mass is 275 g/mol. The summed E-state index contributed by atoms with van der Waals surface area (Å²) >= 11 is 1.41. The summed E-state index contributed by atoms with van der Waals surface area (Å²) < 4.78 is 6.92. The van der Waals surface area contributed by atoms with Gasteiger partial charge in [-0.25, -0.2) is 0 Å². The summed E-state index contributed by atoms with van der Waals surface area (Å²) in [5.74, 6) is 1.08. The van der Waals surface area contributed by atoms with Gasteiger partial charge in [0.25, 0.3) is 5.91 Å². The molecule has 19 heavy (non-hydrogen) atoms. The molecule has 0 radical (unpaired) electrons. The topological polar surface area (TPSA) is 52.3 Å². The molecule has 3 nitrogen and oxygen atoms in total. The van der Waals surface area contributed by atoms with E-state index in [0.717, 1.165) is 22.4 Å². The van der Waals surface area contributed by atoms with E-state index in [0.29, 0.717) is 17.2 Å². The van der Waals surface area contributed by atoms with Gasteiger partial charge < -0.3 is 10.5 Å². The molecule has 0 atom stereocenters. The van der Waals surface area contributed by atoms with Gasteiger partial charge in [0.2, 0.25) is 0 Å². The van der Waals surface area contributed by atoms with Gasteiger partial charge in [0.1, 0.15) is 4.88 Å². The van der Waals surface area contributed by atoms with Crippen molar-refractivity contribution in [3.05, 3.63) is 29.1 Å². The number of hydrogen-bond acceptors (Lipinski definition) is 3. The molecule has 1 aliphatic rings. The quantitative estimate of drug-likeness (QED) is 0.907. The Morgan fingerprint density at radius 1 is 1.37 bits per heavy atom. The van der Waals surface area contributed by atoms with Crippen LogP contribution in [-0.4, -0.2) is 12.5 Å². The first-order chi connectivity index (χ1) is 9.25. The Balaban J connectivity index is 1.82. The van der Waals surface area contributed by atoms with E-state index in [2.05, 4.69) is 0 Å². The third kappa shape index (κ3) is 2.45. The van der Waals surface area contributed by atoms with Crippen molar-refractivity contribution < 1.29 is 9.53 Å². The Kier molecular flexibility index (Phi) is 3.42. The van der Waals surface area contributed by atoms with Crippen molar-refractivity contribution in [1.29, 1.82) is 0 Å². The fourth-order valence-electron chi connectivity index (χ4n) is 2.44. The van der Waals surface area contributed by atoms with Crippen LogP contribution in [0, 0.1) is 5.92 Å². The lowest BCUT2D eigenvalue weighted by Gasteiger charge is -2.25. The normalized spacial score (nSPS) is 15.4. The Labute approximate surface area is 116 Å². The molecule has 1 aromatic heterocycles. The second kappa shape index (κ2) is 5.21. The molecular weight excluding hydrogens is 258 g/mol. The number of amides is 1. The molecule has 0 unspecified atom stereocenters. The van der Waals surface area contributed by atoms with E-state index in [1.54, 1.807) is 0 Å². The van der Waals surface area contributed by atoms with Crippen LogP contribution in [0.5, 0.6) is 5.75 Å². The van der Waals surface area contributed by atoms with Crippen LogP contribution in [0.4, 0.5) is 0 Å². The summed E-state index contributed by atoms with van der Waals surface area (Å²) in [7, 11) is 0. The lowest BCUT2D eigenvalue weighted by Crippen LogP contribution is -2.15. The lowest BCUT2D eigenvalue weighted by atomic mass is 9.83. The second-order valence-electron chi connectivity index (χ2n) is 5.05. The zero-order valence-corrected chi connectivity index (χ0v) is 11.5. The molecule has 1 heterocycles. The van der Waals surface area contributed by atoms with Crippen molar-refractivity contribution in [2.45, 2.75) is 25.7 Å². The van der Waals surface area contributed by atoms with Gasteiger partial charge in [0.15, 0.2) is 5.75 Å². The van der Waals surface area contributed by atoms with Gasteiger partial charge in [0, 0.05) is 10.1 Å². The van der Waals surface area contributed by atoms with Gasteiger partial charge in [-0.3, -0.25) is 4.79 Å². The van der Waals surface area contributed by atoms with Crippen molar-refractivity contribution in [3.8, 4) is 5.75 Å². The molecule has 2 aromatic rings. The molecule has 1 fully saturated rings. The molecule has 2 N–H and O–H groups in total. The van der Waals surface area contributed by atoms with Gasteiger partial charge in [-0.1, -0.05) is 31.4 Å². The SMILES string of the molecule is NC(=O)c1sc2ccccc2c1OCCC1CCC1. The molecular formula is C15H17NO2S. The smallest absolute Gasteiger partial charge is 0.262 e. The summed E-state index contributed by atoms with van der Waals surface area (Å²) in [4.78, 5) is 12.0. The highest BCUT2D eigenvalue weighted by molar-refractivity contribution is 7.21. The van der Waals surface area contributed by atoms with Gasteiger partial charge in [0.05, 0.1) is 6.61 Å². The largest absolute Gasteiger partial charge is 0.491 e. The van der Waals surface area contributed by atoms with Crippen LogP contribution in [0.1, 0.15) is 35.4 Å². The predicted octanol–water partition coefficient (Wildman–Crippen LogP) is 3.57. The van der Waals surface area contributed by atoms with Crippen LogP contribution in [-0.2, 0) is 0 Å². The summed E-state index contributed by atoms with van der Waals surface area (Å²) in [5, 5.41) is 0.995. The first kappa shape index (κ1) is 12.5. The van der Waals surface area contributed by atoms with E-state index in [1.165, 1.54) is 30.6 Å². The minimum atomic E-state index is -0.403. The number of ether oxygens (including phenoxy) is 1. The van der Waals surface area contributed by atoms with E-state index < -0.39 is 5.91 Å². The summed E-state index contributed by atoms with van der Waals surface area (Å²) in [6.45, 7) is 0.672. The van der Waals surface area contributed by atoms with Crippen molar-refractivity contribution >= 4 is 27.3 Å². The van der Waals surface area contributed by atoms with Crippen LogP contribution in [0.15, 0.2) is 24.3 Å². The van der Waals surface area contributed by atoms with E-state index in [9.17, 15) is 4.79 Å². The van der Waals surface area contributed by atoms with Crippen LogP contribution >= 0.6 is 11.3 Å². The number of fused-ring (bicyclic) bond motifs is 1. The molecule has 100 valence electrons. The molecule has 0 aliphatic heterocycles. The number of benzene rings is 1. The third-order valence-electron chi connectivity index (χ3n) is 3.77. The number of primary amides is 1. The zero-order valence-electron chi connectivity index (χ0n) is 10.7. The standard InChI is InChI=1S/C15H17NO2S/c16-15(17)14-13(18-9-8-10-4-3-5-10)11-6-1-2-7-12(11)19-14/h1-2,6-7,10H,3-5,8-9H2,(H2,16,17). The van der Waals surface area contributed by atoms with Crippen LogP contribution in [0.3, 0.4) is 0 Å². The maximum atomic E-state index is 11.5. The van der Waals surface area contributed by atoms with Crippen molar-refractivity contribution in [3.63, 3.8) is 0 Å². The minimum absolute atomic E-state index is 0.403. The maximum absolute atomic E-state index is 11.5. The van der Waals surface area contributed by atoms with Gasteiger partial charge in [-0.2, -0.15) is 0 Å². The fraction of sp³-hybridized carbons (Fsp3) is 0.400. The summed E-state index contributed by atoms with van der Waals surface area (Å²) in [6.07, 6.45) is 5.05. The molecule has 1 aromatic carbocycles. The van der Waals surface area contributed by atoms with Crippen LogP contribution in [0.2, 0.25) is 0 Å². The Hall–Kier alpha value is -1.55. The van der Waals surface area contributed by atoms with E-state index >= 15 is 0 Å². The highest BCUT2D eigenvalue weighted by Gasteiger charge is 2.20. The third-order valence-corrected chi connectivity index (χ3v) is 4.94. The minimum Gasteiger partial charge on any atom is -0.491 e. The number of hydrogen-bond donors (Lipinski definition) is 1. The first-order valence-corrected chi connectivity index (χ1v) is 7.51. The highest BCUT2D eigenvalue weighted by Crippen LogP contribution is 2.38. The fourth-order valence-corrected chi connectivity index (χ4v) is 3.44. The van der Waals surface area contributed by atoms with E-state index in [-0.39, 0.29) is 0 Å². The number of nitrogens with two attached hydrogens (primary N) is 1. The molecule has 0 saturated heterocycles. The number of thiophene rings is 1. The molecule has 1 amide bonds. The highest BCUT2D eigenvalue weighted by atomic mass is 32.1. The summed E-state index contributed by atoms with van der Waals surface area (Å²) in [5.41, 5.74) is 5.44. The van der Waals surface area contributed by atoms with Crippen LogP contribution < -0.4 is 10.5 Å². The van der Waals surface area contributed by atoms with E-state index in [1.807, 2.05) is 24.3 Å². The van der Waals surface area contributed by atoms with Crippen LogP contribution in [0.25, 0.3) is 10.1 Å². The molecule has 4 heteroatoms. The Bertz CT molecular complexity index is 601. The Morgan fingerprint density at radius 3 is 2.84 bits per heavy atom. The maximum Gasteiger partial charge on any atom is 0.262 e. The molecule has 1 saturated carbocycles. The average molecular weight is 275 g/mol. The molecule has 1 aliphatic carbocycles. The molecule has 0 spiro atoms.